The molecule has 6 nitrogen and oxygen atoms in total. The van der Waals surface area contributed by atoms with Crippen LogP contribution in [0.3, 0.4) is 0 Å². The molecule has 6 heteroatoms. The van der Waals surface area contributed by atoms with E-state index in [9.17, 15) is 4.79 Å². The predicted molar refractivity (Wildman–Crippen MR) is 80.4 cm³/mol. The van der Waals surface area contributed by atoms with Crippen molar-refractivity contribution in [3.05, 3.63) is 23.9 Å². The van der Waals surface area contributed by atoms with Gasteiger partial charge in [-0.3, -0.25) is 4.79 Å². The number of rotatable bonds is 2. The van der Waals surface area contributed by atoms with E-state index in [-0.39, 0.29) is 11.9 Å². The summed E-state index contributed by atoms with van der Waals surface area (Å²) in [5, 5.41) is 0. The first-order valence-electron chi connectivity index (χ1n) is 7.58. The summed E-state index contributed by atoms with van der Waals surface area (Å²) < 4.78 is 5.37. The second kappa shape index (κ2) is 6.41. The standard InChI is InChI=1S/C15H22N4O2/c16-12-3-2-6-19(11-12)15(20)13-4-1-5-17-14(13)18-7-9-21-10-8-18/h1,4-5,12H,2-3,6-11,16H2. The minimum Gasteiger partial charge on any atom is -0.378 e. The molecule has 2 saturated heterocycles. The second-order valence-corrected chi connectivity index (χ2v) is 5.63. The minimum atomic E-state index is 0.0414. The Hall–Kier alpha value is -1.66. The summed E-state index contributed by atoms with van der Waals surface area (Å²) in [4.78, 5) is 21.2. The molecule has 2 aliphatic heterocycles. The number of pyridine rings is 1. The lowest BCUT2D eigenvalue weighted by molar-refractivity contribution is 0.0708. The van der Waals surface area contributed by atoms with Gasteiger partial charge in [0.05, 0.1) is 18.8 Å². The van der Waals surface area contributed by atoms with Gasteiger partial charge in [0, 0.05) is 38.4 Å². The van der Waals surface area contributed by atoms with E-state index >= 15 is 0 Å². The molecule has 2 fully saturated rings. The van der Waals surface area contributed by atoms with Crippen LogP contribution in [0, 0.1) is 0 Å². The number of nitrogens with two attached hydrogens (primary N) is 1. The van der Waals surface area contributed by atoms with Crippen LogP contribution in [-0.2, 0) is 4.74 Å². The first-order valence-corrected chi connectivity index (χ1v) is 7.58. The van der Waals surface area contributed by atoms with E-state index in [0.717, 1.165) is 38.3 Å². The van der Waals surface area contributed by atoms with Crippen molar-refractivity contribution in [3.8, 4) is 0 Å². The molecule has 21 heavy (non-hydrogen) atoms. The zero-order valence-electron chi connectivity index (χ0n) is 12.2. The molecule has 1 aromatic heterocycles. The monoisotopic (exact) mass is 290 g/mol. The Labute approximate surface area is 124 Å². The lowest BCUT2D eigenvalue weighted by Crippen LogP contribution is -2.46. The van der Waals surface area contributed by atoms with E-state index in [1.165, 1.54) is 0 Å². The number of amides is 1. The van der Waals surface area contributed by atoms with Crippen molar-refractivity contribution in [2.24, 2.45) is 5.73 Å². The van der Waals surface area contributed by atoms with Gasteiger partial charge in [0.1, 0.15) is 5.82 Å². The highest BCUT2D eigenvalue weighted by atomic mass is 16.5. The zero-order chi connectivity index (χ0) is 14.7. The molecule has 2 aliphatic rings. The number of nitrogens with zero attached hydrogens (tertiary/aromatic N) is 3. The Kier molecular flexibility index (Phi) is 4.36. The number of ether oxygens (including phenoxy) is 1. The number of likely N-dealkylation sites (tertiary alicyclic amines) is 1. The van der Waals surface area contributed by atoms with Crippen LogP contribution in [0.4, 0.5) is 5.82 Å². The Balaban J connectivity index is 1.82. The molecule has 0 saturated carbocycles. The molecular weight excluding hydrogens is 268 g/mol. The van der Waals surface area contributed by atoms with E-state index in [1.807, 2.05) is 17.0 Å². The highest BCUT2D eigenvalue weighted by molar-refractivity contribution is 5.99. The molecule has 1 amide bonds. The van der Waals surface area contributed by atoms with Gasteiger partial charge in [0.15, 0.2) is 0 Å². The van der Waals surface area contributed by atoms with Crippen LogP contribution in [0.15, 0.2) is 18.3 Å². The van der Waals surface area contributed by atoms with Crippen molar-refractivity contribution in [1.82, 2.24) is 9.88 Å². The van der Waals surface area contributed by atoms with E-state index in [1.54, 1.807) is 6.20 Å². The van der Waals surface area contributed by atoms with Gasteiger partial charge >= 0.3 is 0 Å². The Morgan fingerprint density at radius 3 is 2.90 bits per heavy atom. The largest absolute Gasteiger partial charge is 0.378 e. The summed E-state index contributed by atoms with van der Waals surface area (Å²) in [7, 11) is 0. The average molecular weight is 290 g/mol. The molecule has 1 atom stereocenters. The molecule has 2 N–H and O–H groups in total. The predicted octanol–water partition coefficient (Wildman–Crippen LogP) is 0.481. The average Bonchev–Trinajstić information content (AvgIpc) is 2.55. The van der Waals surface area contributed by atoms with Crippen molar-refractivity contribution in [2.75, 3.05) is 44.3 Å². The van der Waals surface area contributed by atoms with Crippen molar-refractivity contribution >= 4 is 11.7 Å². The van der Waals surface area contributed by atoms with Crippen LogP contribution < -0.4 is 10.6 Å². The fraction of sp³-hybridized carbons (Fsp3) is 0.600. The maximum Gasteiger partial charge on any atom is 0.257 e. The zero-order valence-corrected chi connectivity index (χ0v) is 12.2. The number of morpholine rings is 1. The van der Waals surface area contributed by atoms with Crippen LogP contribution in [0.1, 0.15) is 23.2 Å². The van der Waals surface area contributed by atoms with Gasteiger partial charge in [-0.1, -0.05) is 0 Å². The van der Waals surface area contributed by atoms with Crippen LogP contribution in [0.25, 0.3) is 0 Å². The highest BCUT2D eigenvalue weighted by Crippen LogP contribution is 2.21. The van der Waals surface area contributed by atoms with Gasteiger partial charge in [-0.15, -0.1) is 0 Å². The smallest absolute Gasteiger partial charge is 0.257 e. The maximum atomic E-state index is 12.8. The fourth-order valence-corrected chi connectivity index (χ4v) is 2.96. The summed E-state index contributed by atoms with van der Waals surface area (Å²) in [6, 6.07) is 3.77. The molecule has 3 rings (SSSR count). The van der Waals surface area contributed by atoms with E-state index < -0.39 is 0 Å². The van der Waals surface area contributed by atoms with Crippen molar-refractivity contribution in [3.63, 3.8) is 0 Å². The van der Waals surface area contributed by atoms with Gasteiger partial charge in [0.25, 0.3) is 5.91 Å². The summed E-state index contributed by atoms with van der Waals surface area (Å²) >= 11 is 0. The summed E-state index contributed by atoms with van der Waals surface area (Å²) in [6.45, 7) is 4.32. The van der Waals surface area contributed by atoms with Crippen molar-refractivity contribution < 1.29 is 9.53 Å². The highest BCUT2D eigenvalue weighted by Gasteiger charge is 2.26. The third-order valence-electron chi connectivity index (χ3n) is 4.07. The molecule has 0 spiro atoms. The Morgan fingerprint density at radius 1 is 1.33 bits per heavy atom. The fourth-order valence-electron chi connectivity index (χ4n) is 2.96. The molecule has 1 unspecified atom stereocenters. The number of hydrogen-bond acceptors (Lipinski definition) is 5. The summed E-state index contributed by atoms with van der Waals surface area (Å²) in [5.41, 5.74) is 6.66. The van der Waals surface area contributed by atoms with Crippen LogP contribution >= 0.6 is 0 Å². The lowest BCUT2D eigenvalue weighted by atomic mass is 10.1. The Morgan fingerprint density at radius 2 is 2.14 bits per heavy atom. The summed E-state index contributed by atoms with van der Waals surface area (Å²) in [5.74, 6) is 0.810. The SMILES string of the molecule is NC1CCCN(C(=O)c2cccnc2N2CCOCC2)C1. The number of aromatic nitrogens is 1. The quantitative estimate of drug-likeness (QED) is 0.858. The minimum absolute atomic E-state index is 0.0414. The van der Waals surface area contributed by atoms with Gasteiger partial charge in [-0.2, -0.15) is 0 Å². The first-order chi connectivity index (χ1) is 10.3. The maximum absolute atomic E-state index is 12.8. The molecule has 1 aromatic rings. The molecule has 114 valence electrons. The van der Waals surface area contributed by atoms with Gasteiger partial charge in [0.2, 0.25) is 0 Å². The molecule has 0 bridgehead atoms. The molecule has 3 heterocycles. The number of anilines is 1. The number of hydrogen-bond donors (Lipinski definition) is 1. The molecular formula is C15H22N4O2. The third-order valence-corrected chi connectivity index (χ3v) is 4.07. The topological polar surface area (TPSA) is 71.7 Å². The molecule has 0 aliphatic carbocycles. The van der Waals surface area contributed by atoms with Crippen LogP contribution in [0.2, 0.25) is 0 Å². The number of piperidine rings is 1. The van der Waals surface area contributed by atoms with E-state index in [4.69, 9.17) is 10.5 Å². The van der Waals surface area contributed by atoms with Crippen molar-refractivity contribution in [1.29, 1.82) is 0 Å². The number of carbonyl (C=O) groups excluding carboxylic acids is 1. The summed E-state index contributed by atoms with van der Waals surface area (Å²) in [6.07, 6.45) is 3.71. The normalized spacial score (nSPS) is 23.2. The van der Waals surface area contributed by atoms with E-state index in [2.05, 4.69) is 9.88 Å². The number of carbonyl (C=O) groups is 1. The van der Waals surface area contributed by atoms with Crippen molar-refractivity contribution in [2.45, 2.75) is 18.9 Å². The van der Waals surface area contributed by atoms with Gasteiger partial charge < -0.3 is 20.3 Å². The molecule has 0 radical (unpaired) electrons. The van der Waals surface area contributed by atoms with E-state index in [0.29, 0.717) is 25.3 Å². The van der Waals surface area contributed by atoms with Gasteiger partial charge in [-0.25, -0.2) is 4.98 Å². The van der Waals surface area contributed by atoms with Crippen LogP contribution in [-0.4, -0.2) is 61.2 Å². The van der Waals surface area contributed by atoms with Crippen LogP contribution in [0.5, 0.6) is 0 Å². The molecule has 0 aromatic carbocycles. The Bertz CT molecular complexity index is 502. The third kappa shape index (κ3) is 3.16. The lowest BCUT2D eigenvalue weighted by Gasteiger charge is -2.33. The van der Waals surface area contributed by atoms with Gasteiger partial charge in [-0.05, 0) is 25.0 Å². The second-order valence-electron chi connectivity index (χ2n) is 5.63. The first kappa shape index (κ1) is 14.3.